The minimum Gasteiger partial charge on any atom is -0.378 e. The largest absolute Gasteiger partial charge is 0.378 e. The Morgan fingerprint density at radius 3 is 3.00 bits per heavy atom. The third-order valence-corrected chi connectivity index (χ3v) is 3.57. The monoisotopic (exact) mass is 255 g/mol. The lowest BCUT2D eigenvalue weighted by Crippen LogP contribution is -2.25. The summed E-state index contributed by atoms with van der Waals surface area (Å²) in [4.78, 5) is 11.3. The molecule has 16 heavy (non-hydrogen) atoms. The third-order valence-electron chi connectivity index (χ3n) is 2.35. The summed E-state index contributed by atoms with van der Waals surface area (Å²) >= 11 is 7.37. The quantitative estimate of drug-likeness (QED) is 0.865. The molecule has 0 radical (unpaired) electrons. The van der Waals surface area contributed by atoms with Crippen LogP contribution in [0.5, 0.6) is 0 Å². The molecule has 2 rings (SSSR count). The van der Waals surface area contributed by atoms with Gasteiger partial charge in [-0.1, -0.05) is 11.6 Å². The van der Waals surface area contributed by atoms with Crippen molar-refractivity contribution in [2.45, 2.75) is 6.10 Å². The van der Waals surface area contributed by atoms with Gasteiger partial charge in [-0.05, 0) is 23.6 Å². The van der Waals surface area contributed by atoms with Crippen molar-refractivity contribution in [3.8, 4) is 0 Å². The number of halogens is 1. The molecule has 0 aliphatic heterocycles. The fraction of sp³-hybridized carbons (Fsp3) is 0.182. The number of aliphatic hydroxyl groups is 1. The minimum atomic E-state index is -1.14. The summed E-state index contributed by atoms with van der Waals surface area (Å²) in [5.41, 5.74) is 0.599. The molecule has 0 spiro atoms. The summed E-state index contributed by atoms with van der Waals surface area (Å²) in [6, 6.07) is 5.42. The van der Waals surface area contributed by atoms with E-state index in [4.69, 9.17) is 11.6 Å². The molecule has 0 saturated heterocycles. The Kier molecular flexibility index (Phi) is 3.14. The highest BCUT2D eigenvalue weighted by Crippen LogP contribution is 2.32. The Balaban J connectivity index is 2.52. The molecule has 3 nitrogen and oxygen atoms in total. The van der Waals surface area contributed by atoms with Crippen LogP contribution in [0.4, 0.5) is 0 Å². The van der Waals surface area contributed by atoms with E-state index in [1.165, 1.54) is 18.4 Å². The molecule has 1 aromatic heterocycles. The van der Waals surface area contributed by atoms with Crippen LogP contribution in [0, 0.1) is 0 Å². The second kappa shape index (κ2) is 4.41. The van der Waals surface area contributed by atoms with Gasteiger partial charge in [0, 0.05) is 27.7 Å². The van der Waals surface area contributed by atoms with Gasteiger partial charge in [0.05, 0.1) is 0 Å². The molecule has 2 aromatic rings. The van der Waals surface area contributed by atoms with E-state index in [0.717, 1.165) is 10.1 Å². The first-order valence-corrected chi connectivity index (χ1v) is 5.95. The smallest absolute Gasteiger partial charge is 0.253 e. The maximum atomic E-state index is 11.3. The first-order valence-electron chi connectivity index (χ1n) is 4.70. The fourth-order valence-electron chi connectivity index (χ4n) is 1.51. The Morgan fingerprint density at radius 1 is 1.56 bits per heavy atom. The normalized spacial score (nSPS) is 12.7. The van der Waals surface area contributed by atoms with Crippen molar-refractivity contribution in [1.82, 2.24) is 5.32 Å². The molecule has 0 aliphatic carbocycles. The minimum absolute atomic E-state index is 0.417. The van der Waals surface area contributed by atoms with Crippen LogP contribution in [0.2, 0.25) is 5.02 Å². The van der Waals surface area contributed by atoms with Crippen LogP contribution in [0.3, 0.4) is 0 Å². The average Bonchev–Trinajstić information content (AvgIpc) is 2.69. The highest BCUT2D eigenvalue weighted by Gasteiger charge is 2.19. The Bertz CT molecular complexity index is 538. The van der Waals surface area contributed by atoms with E-state index in [1.54, 1.807) is 17.5 Å². The summed E-state index contributed by atoms with van der Waals surface area (Å²) in [5, 5.41) is 15.4. The van der Waals surface area contributed by atoms with Crippen LogP contribution in [-0.4, -0.2) is 18.1 Å². The number of benzene rings is 1. The molecule has 0 bridgehead atoms. The summed E-state index contributed by atoms with van der Waals surface area (Å²) in [6.07, 6.45) is -1.14. The maximum Gasteiger partial charge on any atom is 0.253 e. The van der Waals surface area contributed by atoms with E-state index in [-0.39, 0.29) is 0 Å². The summed E-state index contributed by atoms with van der Waals surface area (Å²) in [6.45, 7) is 0. The van der Waals surface area contributed by atoms with Crippen molar-refractivity contribution < 1.29 is 9.90 Å². The van der Waals surface area contributed by atoms with Gasteiger partial charge in [0.25, 0.3) is 5.91 Å². The number of amides is 1. The predicted molar refractivity (Wildman–Crippen MR) is 65.9 cm³/mol. The average molecular weight is 256 g/mol. The van der Waals surface area contributed by atoms with Crippen molar-refractivity contribution in [1.29, 1.82) is 0 Å². The molecule has 0 aliphatic rings. The van der Waals surface area contributed by atoms with Gasteiger partial charge in [0.1, 0.15) is 0 Å². The van der Waals surface area contributed by atoms with Crippen LogP contribution < -0.4 is 5.32 Å². The standard InChI is InChI=1S/C11H10ClNO2S/c1-13-11(15)10(14)8-5-16-9-3-2-6(12)4-7(8)9/h2-5,10,14H,1H3,(H,13,15). The molecule has 84 valence electrons. The van der Waals surface area contributed by atoms with Gasteiger partial charge in [-0.15, -0.1) is 11.3 Å². The lowest BCUT2D eigenvalue weighted by Gasteiger charge is -2.07. The maximum absolute atomic E-state index is 11.3. The number of hydrogen-bond donors (Lipinski definition) is 2. The number of thiophene rings is 1. The lowest BCUT2D eigenvalue weighted by atomic mass is 10.1. The van der Waals surface area contributed by atoms with Crippen LogP contribution in [-0.2, 0) is 4.79 Å². The SMILES string of the molecule is CNC(=O)C(O)c1csc2ccc(Cl)cc12. The zero-order chi connectivity index (χ0) is 11.7. The van der Waals surface area contributed by atoms with E-state index in [9.17, 15) is 9.90 Å². The number of nitrogens with one attached hydrogen (secondary N) is 1. The number of aliphatic hydroxyl groups excluding tert-OH is 1. The molecule has 2 N–H and O–H groups in total. The Hall–Kier alpha value is -1.10. The van der Waals surface area contributed by atoms with Gasteiger partial charge < -0.3 is 10.4 Å². The second-order valence-electron chi connectivity index (χ2n) is 3.35. The lowest BCUT2D eigenvalue weighted by molar-refractivity contribution is -0.129. The van der Waals surface area contributed by atoms with E-state index in [0.29, 0.717) is 10.6 Å². The molecule has 1 heterocycles. The molecule has 0 fully saturated rings. The molecular weight excluding hydrogens is 246 g/mol. The van der Waals surface area contributed by atoms with E-state index in [2.05, 4.69) is 5.32 Å². The highest BCUT2D eigenvalue weighted by atomic mass is 35.5. The second-order valence-corrected chi connectivity index (χ2v) is 4.70. The summed E-state index contributed by atoms with van der Waals surface area (Å²) < 4.78 is 1.00. The van der Waals surface area contributed by atoms with Gasteiger partial charge in [-0.3, -0.25) is 4.79 Å². The van der Waals surface area contributed by atoms with Crippen LogP contribution in [0.15, 0.2) is 23.6 Å². The number of carbonyl (C=O) groups is 1. The first kappa shape index (κ1) is 11.4. The fourth-order valence-corrected chi connectivity index (χ4v) is 2.64. The van der Waals surface area contributed by atoms with Crippen molar-refractivity contribution in [2.75, 3.05) is 7.05 Å². The number of fused-ring (bicyclic) bond motifs is 1. The predicted octanol–water partition coefficient (Wildman–Crippen LogP) is 2.33. The highest BCUT2D eigenvalue weighted by molar-refractivity contribution is 7.17. The molecular formula is C11H10ClNO2S. The van der Waals surface area contributed by atoms with Crippen molar-refractivity contribution >= 4 is 38.9 Å². The van der Waals surface area contributed by atoms with Crippen LogP contribution in [0.1, 0.15) is 11.7 Å². The van der Waals surface area contributed by atoms with Gasteiger partial charge in [-0.2, -0.15) is 0 Å². The van der Waals surface area contributed by atoms with Crippen LogP contribution in [0.25, 0.3) is 10.1 Å². The molecule has 0 saturated carbocycles. The Morgan fingerprint density at radius 2 is 2.31 bits per heavy atom. The number of carbonyl (C=O) groups excluding carboxylic acids is 1. The van der Waals surface area contributed by atoms with Crippen molar-refractivity contribution in [3.63, 3.8) is 0 Å². The number of likely N-dealkylation sites (N-methyl/N-ethyl adjacent to an activating group) is 1. The van der Waals surface area contributed by atoms with E-state index >= 15 is 0 Å². The zero-order valence-electron chi connectivity index (χ0n) is 8.53. The topological polar surface area (TPSA) is 49.3 Å². The van der Waals surface area contributed by atoms with Crippen LogP contribution >= 0.6 is 22.9 Å². The third kappa shape index (κ3) is 1.91. The molecule has 1 atom stereocenters. The number of rotatable bonds is 2. The van der Waals surface area contributed by atoms with Gasteiger partial charge in [-0.25, -0.2) is 0 Å². The van der Waals surface area contributed by atoms with E-state index in [1.807, 2.05) is 6.07 Å². The summed E-state index contributed by atoms with van der Waals surface area (Å²) in [5.74, 6) is -0.417. The molecule has 1 aromatic carbocycles. The number of hydrogen-bond acceptors (Lipinski definition) is 3. The summed E-state index contributed by atoms with van der Waals surface area (Å²) in [7, 11) is 1.49. The molecule has 1 amide bonds. The van der Waals surface area contributed by atoms with Gasteiger partial charge in [0.15, 0.2) is 6.10 Å². The molecule has 5 heteroatoms. The van der Waals surface area contributed by atoms with Gasteiger partial charge >= 0.3 is 0 Å². The van der Waals surface area contributed by atoms with Crippen molar-refractivity contribution in [2.24, 2.45) is 0 Å². The van der Waals surface area contributed by atoms with E-state index < -0.39 is 12.0 Å². The van der Waals surface area contributed by atoms with Gasteiger partial charge in [0.2, 0.25) is 0 Å². The van der Waals surface area contributed by atoms with Crippen molar-refractivity contribution in [3.05, 3.63) is 34.2 Å². The molecule has 1 unspecified atom stereocenters. The Labute approximate surface area is 102 Å². The zero-order valence-corrected chi connectivity index (χ0v) is 10.1. The first-order chi connectivity index (χ1) is 7.63.